The number of amides is 1. The van der Waals surface area contributed by atoms with Crippen molar-refractivity contribution in [2.24, 2.45) is 10.7 Å². The van der Waals surface area contributed by atoms with Gasteiger partial charge in [-0.1, -0.05) is 6.07 Å². The van der Waals surface area contributed by atoms with Gasteiger partial charge < -0.3 is 16.2 Å². The highest BCUT2D eigenvalue weighted by atomic mass is 19.3. The molecule has 2 aromatic carbocycles. The Kier molecular flexibility index (Phi) is 8.09. The lowest BCUT2D eigenvalue weighted by Crippen LogP contribution is -2.31. The van der Waals surface area contributed by atoms with Crippen LogP contribution in [0.25, 0.3) is 5.57 Å². The maximum absolute atomic E-state index is 15.1. The van der Waals surface area contributed by atoms with E-state index < -0.39 is 60.2 Å². The molecule has 13 heteroatoms. The standard InChI is InChI=1S/C26H23F6N5O2/c1-12-20(10-35-37(12)26(31)32)16-7-19(24(33)34-9-16)13-2-3-18(21(28)8-13)25(39)36-22(11-38)14-4-15(23(29)30)6-17(27)5-14/h2-6,8-10,19,22-23,26,38H,7,11H2,1H3,(H2,33,34)(H,36,39). The maximum Gasteiger partial charge on any atom is 0.333 e. The Labute approximate surface area is 218 Å². The Balaban J connectivity index is 1.54. The van der Waals surface area contributed by atoms with Crippen LogP contribution in [0.3, 0.4) is 0 Å². The second-order valence-electron chi connectivity index (χ2n) is 8.90. The van der Waals surface area contributed by atoms with Gasteiger partial charge in [-0.3, -0.25) is 4.79 Å². The molecular formula is C26H23F6N5O2. The summed E-state index contributed by atoms with van der Waals surface area (Å²) in [6.07, 6.45) is -0.0509. The van der Waals surface area contributed by atoms with Crippen molar-refractivity contribution >= 4 is 17.3 Å². The van der Waals surface area contributed by atoms with E-state index in [1.807, 2.05) is 0 Å². The number of aliphatic hydroxyl groups is 1. The van der Waals surface area contributed by atoms with Crippen LogP contribution in [0.2, 0.25) is 0 Å². The van der Waals surface area contributed by atoms with E-state index in [4.69, 9.17) is 5.73 Å². The number of benzene rings is 2. The minimum Gasteiger partial charge on any atom is -0.394 e. The smallest absolute Gasteiger partial charge is 0.333 e. The lowest BCUT2D eigenvalue weighted by molar-refractivity contribution is 0.0544. The summed E-state index contributed by atoms with van der Waals surface area (Å²) in [5.41, 5.74) is 6.45. The average molecular weight is 551 g/mol. The SMILES string of the molecule is Cc1c(C2=CN=C(N)C(c3ccc(C(=O)NC(CO)c4cc(F)cc(C(F)F)c4)c(F)c3)C2)cnn1C(F)F. The van der Waals surface area contributed by atoms with Crippen molar-refractivity contribution in [3.8, 4) is 0 Å². The Morgan fingerprint density at radius 2 is 1.87 bits per heavy atom. The second-order valence-corrected chi connectivity index (χ2v) is 8.90. The number of amidine groups is 1. The summed E-state index contributed by atoms with van der Waals surface area (Å²) in [6, 6.07) is 4.87. The van der Waals surface area contributed by atoms with Crippen molar-refractivity contribution in [3.05, 3.63) is 93.9 Å². The van der Waals surface area contributed by atoms with Crippen molar-refractivity contribution in [2.45, 2.75) is 38.3 Å². The number of aliphatic hydroxyl groups excluding tert-OH is 1. The van der Waals surface area contributed by atoms with Gasteiger partial charge in [-0.25, -0.2) is 27.2 Å². The number of aromatic nitrogens is 2. The number of allylic oxidation sites excluding steroid dienone is 1. The number of halogens is 6. The highest BCUT2D eigenvalue weighted by Crippen LogP contribution is 2.35. The fraction of sp³-hybridized carbons (Fsp3) is 0.269. The molecule has 1 aliphatic rings. The average Bonchev–Trinajstić information content (AvgIpc) is 3.28. The van der Waals surface area contributed by atoms with Gasteiger partial charge in [0.1, 0.15) is 17.5 Å². The van der Waals surface area contributed by atoms with Crippen LogP contribution in [0.15, 0.2) is 53.8 Å². The predicted octanol–water partition coefficient (Wildman–Crippen LogP) is 5.15. The molecule has 2 unspecified atom stereocenters. The molecule has 0 fully saturated rings. The zero-order valence-corrected chi connectivity index (χ0v) is 20.4. The third-order valence-corrected chi connectivity index (χ3v) is 6.45. The molecule has 4 rings (SSSR count). The van der Waals surface area contributed by atoms with Gasteiger partial charge in [-0.2, -0.15) is 13.9 Å². The quantitative estimate of drug-likeness (QED) is 0.337. The number of alkyl halides is 4. The minimum atomic E-state index is -2.98. The van der Waals surface area contributed by atoms with Crippen molar-refractivity contribution in [2.75, 3.05) is 6.61 Å². The third-order valence-electron chi connectivity index (χ3n) is 6.45. The molecule has 4 N–H and O–H groups in total. The number of carbonyl (C=O) groups is 1. The fourth-order valence-corrected chi connectivity index (χ4v) is 4.39. The van der Waals surface area contributed by atoms with E-state index in [1.165, 1.54) is 31.5 Å². The molecule has 0 aliphatic carbocycles. The molecule has 0 saturated carbocycles. The zero-order chi connectivity index (χ0) is 28.4. The number of hydrogen-bond acceptors (Lipinski definition) is 5. The van der Waals surface area contributed by atoms with Gasteiger partial charge in [-0.15, -0.1) is 0 Å². The van der Waals surface area contributed by atoms with Crippen LogP contribution in [-0.2, 0) is 0 Å². The van der Waals surface area contributed by atoms with E-state index in [2.05, 4.69) is 15.4 Å². The normalized spacial score (nSPS) is 16.3. The molecular weight excluding hydrogens is 528 g/mol. The largest absolute Gasteiger partial charge is 0.394 e. The Hall–Kier alpha value is -4.13. The minimum absolute atomic E-state index is 0.117. The van der Waals surface area contributed by atoms with E-state index in [-0.39, 0.29) is 23.5 Å². The van der Waals surface area contributed by atoms with Crippen LogP contribution >= 0.6 is 0 Å². The van der Waals surface area contributed by atoms with Gasteiger partial charge in [0.25, 0.3) is 12.3 Å². The molecule has 0 bridgehead atoms. The molecule has 2 atom stereocenters. The number of aliphatic imine (C=N–C) groups is 1. The molecule has 1 amide bonds. The zero-order valence-electron chi connectivity index (χ0n) is 20.4. The molecule has 1 aliphatic heterocycles. The fourth-order valence-electron chi connectivity index (χ4n) is 4.39. The highest BCUT2D eigenvalue weighted by Gasteiger charge is 2.27. The molecule has 3 aromatic rings. The summed E-state index contributed by atoms with van der Waals surface area (Å²) >= 11 is 0. The van der Waals surface area contributed by atoms with Crippen LogP contribution in [0.5, 0.6) is 0 Å². The third kappa shape index (κ3) is 5.82. The molecule has 0 radical (unpaired) electrons. The summed E-state index contributed by atoms with van der Waals surface area (Å²) in [4.78, 5) is 16.9. The van der Waals surface area contributed by atoms with Crippen molar-refractivity contribution in [1.29, 1.82) is 0 Å². The molecule has 0 spiro atoms. The van der Waals surface area contributed by atoms with Crippen LogP contribution in [0, 0.1) is 18.6 Å². The van der Waals surface area contributed by atoms with Gasteiger partial charge in [0.2, 0.25) is 0 Å². The molecule has 206 valence electrons. The van der Waals surface area contributed by atoms with Crippen molar-refractivity contribution in [1.82, 2.24) is 15.1 Å². The van der Waals surface area contributed by atoms with Crippen molar-refractivity contribution < 1.29 is 36.2 Å². The van der Waals surface area contributed by atoms with Crippen LogP contribution in [-0.4, -0.2) is 33.2 Å². The van der Waals surface area contributed by atoms with Gasteiger partial charge in [0.05, 0.1) is 24.4 Å². The summed E-state index contributed by atoms with van der Waals surface area (Å²) in [7, 11) is 0. The highest BCUT2D eigenvalue weighted by molar-refractivity contribution is 5.96. The number of carbonyl (C=O) groups excluding carboxylic acids is 1. The number of hydrogen-bond donors (Lipinski definition) is 3. The van der Waals surface area contributed by atoms with E-state index in [0.717, 1.165) is 18.2 Å². The van der Waals surface area contributed by atoms with Crippen molar-refractivity contribution in [3.63, 3.8) is 0 Å². The number of nitrogens with zero attached hydrogens (tertiary/aromatic N) is 3. The molecule has 39 heavy (non-hydrogen) atoms. The molecule has 7 nitrogen and oxygen atoms in total. The summed E-state index contributed by atoms with van der Waals surface area (Å²) < 4.78 is 81.8. The second kappa shape index (κ2) is 11.3. The first kappa shape index (κ1) is 27.9. The van der Waals surface area contributed by atoms with Gasteiger partial charge in [0.15, 0.2) is 0 Å². The molecule has 2 heterocycles. The Morgan fingerprint density at radius 1 is 1.15 bits per heavy atom. The topological polar surface area (TPSA) is 106 Å². The maximum atomic E-state index is 15.1. The molecule has 0 saturated heterocycles. The van der Waals surface area contributed by atoms with Crippen LogP contribution in [0.1, 0.15) is 69.7 Å². The summed E-state index contributed by atoms with van der Waals surface area (Å²) in [5.74, 6) is -3.38. The first-order valence-corrected chi connectivity index (χ1v) is 11.6. The van der Waals surface area contributed by atoms with E-state index in [9.17, 15) is 31.9 Å². The lowest BCUT2D eigenvalue weighted by Gasteiger charge is -2.23. The Morgan fingerprint density at radius 3 is 2.49 bits per heavy atom. The lowest BCUT2D eigenvalue weighted by atomic mass is 9.86. The molecule has 1 aromatic heterocycles. The van der Waals surface area contributed by atoms with E-state index >= 15 is 4.39 Å². The number of nitrogens with two attached hydrogens (primary N) is 1. The summed E-state index contributed by atoms with van der Waals surface area (Å²) in [6.45, 7) is -2.10. The monoisotopic (exact) mass is 551 g/mol. The van der Waals surface area contributed by atoms with Gasteiger partial charge in [-0.05, 0) is 60.4 Å². The Bertz CT molecular complexity index is 1450. The van der Waals surface area contributed by atoms with E-state index in [0.29, 0.717) is 27.4 Å². The summed E-state index contributed by atoms with van der Waals surface area (Å²) in [5, 5.41) is 15.7. The van der Waals surface area contributed by atoms with Crippen LogP contribution in [0.4, 0.5) is 26.3 Å². The number of rotatable bonds is 8. The van der Waals surface area contributed by atoms with Crippen LogP contribution < -0.4 is 11.1 Å². The first-order chi connectivity index (χ1) is 18.5. The predicted molar refractivity (Wildman–Crippen MR) is 130 cm³/mol. The van der Waals surface area contributed by atoms with Gasteiger partial charge >= 0.3 is 6.55 Å². The first-order valence-electron chi connectivity index (χ1n) is 11.6. The van der Waals surface area contributed by atoms with Gasteiger partial charge in [0, 0.05) is 28.9 Å². The van der Waals surface area contributed by atoms with E-state index in [1.54, 1.807) is 0 Å². The number of nitrogens with one attached hydrogen (secondary N) is 1.